The lowest BCUT2D eigenvalue weighted by atomic mass is 10.2. The van der Waals surface area contributed by atoms with E-state index in [4.69, 9.17) is 4.42 Å². The van der Waals surface area contributed by atoms with Gasteiger partial charge >= 0.3 is 0 Å². The van der Waals surface area contributed by atoms with E-state index in [0.717, 1.165) is 10.8 Å². The van der Waals surface area contributed by atoms with Gasteiger partial charge in [0, 0.05) is 5.92 Å². The monoisotopic (exact) mass is 348 g/mol. The molecular formula is C15H16N4O2S2. The molecule has 0 aromatic carbocycles. The Labute approximate surface area is 141 Å². The van der Waals surface area contributed by atoms with Gasteiger partial charge in [-0.3, -0.25) is 10.1 Å². The zero-order valence-corrected chi connectivity index (χ0v) is 14.8. The van der Waals surface area contributed by atoms with Crippen molar-refractivity contribution in [3.05, 3.63) is 33.5 Å². The molecule has 23 heavy (non-hydrogen) atoms. The molecule has 0 aliphatic carbocycles. The molecule has 3 rings (SSSR count). The molecule has 1 N–H and O–H groups in total. The predicted molar refractivity (Wildman–Crippen MR) is 91.2 cm³/mol. The Balaban J connectivity index is 1.80. The molecular weight excluding hydrogens is 332 g/mol. The van der Waals surface area contributed by atoms with Crippen molar-refractivity contribution < 1.29 is 9.21 Å². The Morgan fingerprint density at radius 3 is 2.61 bits per heavy atom. The number of aryl methyl sites for hydroxylation is 2. The number of carbonyl (C=O) groups is 1. The number of thiazole rings is 1. The lowest BCUT2D eigenvalue weighted by Gasteiger charge is -1.98. The molecule has 8 heteroatoms. The molecule has 0 radical (unpaired) electrons. The normalized spacial score (nSPS) is 11.2. The highest BCUT2D eigenvalue weighted by Crippen LogP contribution is 2.30. The summed E-state index contributed by atoms with van der Waals surface area (Å²) in [5, 5.41) is 13.0. The van der Waals surface area contributed by atoms with Crippen molar-refractivity contribution in [3.8, 4) is 10.8 Å². The third-order valence-electron chi connectivity index (χ3n) is 3.11. The van der Waals surface area contributed by atoms with E-state index in [1.54, 1.807) is 0 Å². The van der Waals surface area contributed by atoms with Crippen molar-refractivity contribution in [1.82, 2.24) is 15.2 Å². The van der Waals surface area contributed by atoms with Gasteiger partial charge in [-0.05, 0) is 26.0 Å². The van der Waals surface area contributed by atoms with E-state index in [-0.39, 0.29) is 11.8 Å². The third-order valence-corrected chi connectivity index (χ3v) is 5.42. The first-order valence-electron chi connectivity index (χ1n) is 7.13. The second kappa shape index (κ2) is 6.21. The maximum absolute atomic E-state index is 12.4. The lowest BCUT2D eigenvalue weighted by Crippen LogP contribution is -2.11. The number of hydrogen-bond acceptors (Lipinski definition) is 7. The molecule has 1 amide bonds. The number of hydrogen-bond donors (Lipinski definition) is 1. The van der Waals surface area contributed by atoms with E-state index in [1.807, 2.05) is 39.8 Å². The molecule has 0 aliphatic heterocycles. The molecule has 3 aromatic rings. The Morgan fingerprint density at radius 1 is 1.22 bits per heavy atom. The zero-order chi connectivity index (χ0) is 16.6. The second-order valence-electron chi connectivity index (χ2n) is 5.40. The molecule has 3 aromatic heterocycles. The molecule has 0 unspecified atom stereocenters. The van der Waals surface area contributed by atoms with Gasteiger partial charge in [0.25, 0.3) is 5.91 Å². The Bertz CT molecular complexity index is 847. The topological polar surface area (TPSA) is 80.9 Å². The standard InChI is InChI=1S/C15H16N4O2S2/c1-7(2)13-18-19-15(23-13)17-12(20)11-9(4)16-14(22-11)10-6-5-8(3)21-10/h5-7H,1-4H3,(H,17,19,20). The maximum Gasteiger partial charge on any atom is 0.269 e. The average molecular weight is 348 g/mol. The number of aromatic nitrogens is 3. The van der Waals surface area contributed by atoms with Crippen LogP contribution in [0.15, 0.2) is 16.5 Å². The minimum atomic E-state index is -0.221. The van der Waals surface area contributed by atoms with Crippen LogP contribution >= 0.6 is 22.7 Å². The molecule has 0 fully saturated rings. The molecule has 0 aliphatic rings. The summed E-state index contributed by atoms with van der Waals surface area (Å²) in [5.74, 6) is 1.56. The van der Waals surface area contributed by atoms with Crippen LogP contribution in [0.2, 0.25) is 0 Å². The molecule has 0 saturated carbocycles. The van der Waals surface area contributed by atoms with E-state index >= 15 is 0 Å². The summed E-state index contributed by atoms with van der Waals surface area (Å²) in [6, 6.07) is 3.73. The fraction of sp³-hybridized carbons (Fsp3) is 0.333. The summed E-state index contributed by atoms with van der Waals surface area (Å²) in [5.41, 5.74) is 0.671. The van der Waals surface area contributed by atoms with Crippen molar-refractivity contribution in [3.63, 3.8) is 0 Å². The first kappa shape index (κ1) is 15.8. The molecule has 6 nitrogen and oxygen atoms in total. The van der Waals surface area contributed by atoms with Crippen LogP contribution in [0.4, 0.5) is 5.13 Å². The van der Waals surface area contributed by atoms with Gasteiger partial charge in [0.15, 0.2) is 10.8 Å². The van der Waals surface area contributed by atoms with E-state index in [0.29, 0.717) is 26.5 Å². The SMILES string of the molecule is Cc1ccc(-c2nc(C)c(C(=O)Nc3nnc(C(C)C)s3)s2)o1. The summed E-state index contributed by atoms with van der Waals surface area (Å²) in [4.78, 5) is 17.4. The minimum absolute atomic E-state index is 0.221. The number of amides is 1. The van der Waals surface area contributed by atoms with E-state index in [2.05, 4.69) is 20.5 Å². The molecule has 0 bridgehead atoms. The van der Waals surface area contributed by atoms with Crippen LogP contribution < -0.4 is 5.32 Å². The second-order valence-corrected chi connectivity index (χ2v) is 7.41. The largest absolute Gasteiger partial charge is 0.459 e. The first-order chi connectivity index (χ1) is 10.9. The summed E-state index contributed by atoms with van der Waals surface area (Å²) in [7, 11) is 0. The predicted octanol–water partition coefficient (Wildman–Crippen LogP) is 4.25. The minimum Gasteiger partial charge on any atom is -0.459 e. The highest BCUT2D eigenvalue weighted by molar-refractivity contribution is 7.17. The fourth-order valence-corrected chi connectivity index (χ4v) is 3.60. The molecule has 0 atom stereocenters. The van der Waals surface area contributed by atoms with Crippen LogP contribution in [0.25, 0.3) is 10.8 Å². The number of rotatable bonds is 4. The van der Waals surface area contributed by atoms with Gasteiger partial charge in [-0.25, -0.2) is 4.98 Å². The lowest BCUT2D eigenvalue weighted by molar-refractivity contribution is 0.102. The van der Waals surface area contributed by atoms with Crippen molar-refractivity contribution in [2.75, 3.05) is 5.32 Å². The van der Waals surface area contributed by atoms with E-state index in [9.17, 15) is 4.79 Å². The number of furan rings is 1. The van der Waals surface area contributed by atoms with Gasteiger partial charge in [0.2, 0.25) is 5.13 Å². The van der Waals surface area contributed by atoms with Gasteiger partial charge < -0.3 is 4.42 Å². The Hall–Kier alpha value is -2.06. The van der Waals surface area contributed by atoms with E-state index in [1.165, 1.54) is 22.7 Å². The Kier molecular flexibility index (Phi) is 4.27. The summed E-state index contributed by atoms with van der Waals surface area (Å²) in [6.45, 7) is 7.76. The van der Waals surface area contributed by atoms with Crippen molar-refractivity contribution in [2.45, 2.75) is 33.6 Å². The smallest absolute Gasteiger partial charge is 0.269 e. The van der Waals surface area contributed by atoms with Crippen molar-refractivity contribution >= 4 is 33.7 Å². The quantitative estimate of drug-likeness (QED) is 0.762. The van der Waals surface area contributed by atoms with Gasteiger partial charge in [-0.15, -0.1) is 21.5 Å². The van der Waals surface area contributed by atoms with Crippen LogP contribution in [0.5, 0.6) is 0 Å². The summed E-state index contributed by atoms with van der Waals surface area (Å²) in [6.07, 6.45) is 0. The number of nitrogens with one attached hydrogen (secondary N) is 1. The maximum atomic E-state index is 12.4. The molecule has 0 saturated heterocycles. The molecule has 0 spiro atoms. The highest BCUT2D eigenvalue weighted by Gasteiger charge is 2.19. The average Bonchev–Trinajstić information content (AvgIpc) is 3.18. The zero-order valence-electron chi connectivity index (χ0n) is 13.2. The molecule has 3 heterocycles. The van der Waals surface area contributed by atoms with E-state index < -0.39 is 0 Å². The van der Waals surface area contributed by atoms with Crippen molar-refractivity contribution in [1.29, 1.82) is 0 Å². The van der Waals surface area contributed by atoms with Crippen LogP contribution in [0, 0.1) is 13.8 Å². The van der Waals surface area contributed by atoms with Crippen LogP contribution in [0.3, 0.4) is 0 Å². The third kappa shape index (κ3) is 3.32. The van der Waals surface area contributed by atoms with Crippen molar-refractivity contribution in [2.24, 2.45) is 0 Å². The van der Waals surface area contributed by atoms with Gasteiger partial charge in [-0.2, -0.15) is 0 Å². The fourth-order valence-electron chi connectivity index (χ4n) is 1.93. The highest BCUT2D eigenvalue weighted by atomic mass is 32.1. The van der Waals surface area contributed by atoms with Gasteiger partial charge in [0.1, 0.15) is 15.6 Å². The Morgan fingerprint density at radius 2 is 2.00 bits per heavy atom. The van der Waals surface area contributed by atoms with Crippen LogP contribution in [0.1, 0.15) is 45.9 Å². The van der Waals surface area contributed by atoms with Crippen LogP contribution in [-0.2, 0) is 0 Å². The first-order valence-corrected chi connectivity index (χ1v) is 8.76. The summed E-state index contributed by atoms with van der Waals surface area (Å²) >= 11 is 2.69. The van der Waals surface area contributed by atoms with Crippen LogP contribution in [-0.4, -0.2) is 21.1 Å². The summed E-state index contributed by atoms with van der Waals surface area (Å²) < 4.78 is 5.56. The molecule has 120 valence electrons. The van der Waals surface area contributed by atoms with Gasteiger partial charge in [-0.1, -0.05) is 25.2 Å². The van der Waals surface area contributed by atoms with Gasteiger partial charge in [0.05, 0.1) is 5.69 Å². The number of carbonyl (C=O) groups excluding carboxylic acids is 1. The number of anilines is 1. The number of nitrogens with zero attached hydrogens (tertiary/aromatic N) is 3.